The molecule has 20 heteroatoms. The highest BCUT2D eigenvalue weighted by Crippen LogP contribution is 2.48. The van der Waals surface area contributed by atoms with E-state index in [9.17, 15) is 57.5 Å². The Bertz CT molecular complexity index is 792. The van der Waals surface area contributed by atoms with Crippen molar-refractivity contribution in [3.63, 3.8) is 0 Å². The number of hydrogen-bond acceptors (Lipinski definition) is 8. The Morgan fingerprint density at radius 2 is 0.907 bits per heavy atom. The number of aliphatic hydroxyl groups excluding tert-OH is 1. The lowest BCUT2D eigenvalue weighted by Gasteiger charge is -2.34. The minimum absolute atomic E-state index is 0.0573. The summed E-state index contributed by atoms with van der Waals surface area (Å²) in [6.07, 6.45) is -31.1. The lowest BCUT2D eigenvalue weighted by atomic mass is 10.1. The molecule has 0 heterocycles. The van der Waals surface area contributed by atoms with E-state index in [1.807, 2.05) is 4.74 Å². The van der Waals surface area contributed by atoms with E-state index in [0.717, 1.165) is 44.3 Å². The smallest absolute Gasteiger partial charge is 0.394 e. The third-order valence-electron chi connectivity index (χ3n) is 5.00. The summed E-state index contributed by atoms with van der Waals surface area (Å²) in [5.74, 6) is 0.756. The molecule has 0 aromatic carbocycles. The fourth-order valence-corrected chi connectivity index (χ4v) is 3.67. The van der Waals surface area contributed by atoms with Gasteiger partial charge in [0.25, 0.3) is 0 Å². The summed E-state index contributed by atoms with van der Waals surface area (Å²) < 4.78 is 177. The summed E-state index contributed by atoms with van der Waals surface area (Å²) in [6, 6.07) is 0. The predicted molar refractivity (Wildman–Crippen MR) is 126 cm³/mol. The van der Waals surface area contributed by atoms with Crippen molar-refractivity contribution in [3.05, 3.63) is 0 Å². The summed E-state index contributed by atoms with van der Waals surface area (Å²) in [5, 5.41) is 8.38. The number of carbonyl (C=O) groups is 1. The molecule has 0 rings (SSSR count). The average Bonchev–Trinajstić information content (AvgIpc) is 2.82. The van der Waals surface area contributed by atoms with Crippen molar-refractivity contribution in [1.29, 1.82) is 0 Å². The van der Waals surface area contributed by atoms with Crippen molar-refractivity contribution in [1.82, 2.24) is 0 Å². The van der Waals surface area contributed by atoms with Gasteiger partial charge in [0.05, 0.1) is 13.2 Å². The topological polar surface area (TPSA) is 83.5 Å². The summed E-state index contributed by atoms with van der Waals surface area (Å²) in [7, 11) is 0. The first kappa shape index (κ1) is 41.9. The minimum atomic E-state index is -6.94. The number of thioether (sulfide) groups is 1. The molecule has 0 aliphatic carbocycles. The van der Waals surface area contributed by atoms with Crippen LogP contribution >= 0.6 is 11.8 Å². The van der Waals surface area contributed by atoms with E-state index in [1.165, 1.54) is 18.7 Å². The molecule has 1 N–H and O–H groups in total. The summed E-state index contributed by atoms with van der Waals surface area (Å²) in [4.78, 5) is 10.8. The van der Waals surface area contributed by atoms with Gasteiger partial charge in [-0.1, -0.05) is 56.7 Å². The molecule has 0 aliphatic rings. The first-order valence-electron chi connectivity index (χ1n) is 12.9. The molecule has 0 spiro atoms. The van der Waals surface area contributed by atoms with Crippen LogP contribution in [0, 0.1) is 0 Å². The number of unbranched alkanes of at least 4 members (excludes halogenated alkanes) is 8. The van der Waals surface area contributed by atoms with Crippen LogP contribution in [-0.2, 0) is 28.5 Å². The van der Waals surface area contributed by atoms with Crippen molar-refractivity contribution in [2.45, 2.75) is 101 Å². The number of ether oxygens (including phenoxy) is 5. The van der Waals surface area contributed by atoms with Crippen molar-refractivity contribution < 1.29 is 86.3 Å². The Kier molecular flexibility index (Phi) is 18.3. The number of halogens is 12. The van der Waals surface area contributed by atoms with Gasteiger partial charge in [-0.25, -0.2) is 14.2 Å². The van der Waals surface area contributed by atoms with Crippen molar-refractivity contribution in [3.8, 4) is 0 Å². The van der Waals surface area contributed by atoms with Crippen LogP contribution in [0.3, 0.4) is 0 Å². The normalized spacial score (nSPS) is 14.0. The maximum Gasteiger partial charge on any atom is 0.453 e. The van der Waals surface area contributed by atoms with Crippen LogP contribution in [-0.4, -0.2) is 85.7 Å². The van der Waals surface area contributed by atoms with Crippen molar-refractivity contribution in [2.75, 3.05) is 38.8 Å². The molecular weight excluding hydrogens is 648 g/mol. The summed E-state index contributed by atoms with van der Waals surface area (Å²) >= 11 is 1.26. The van der Waals surface area contributed by atoms with Crippen LogP contribution in [0.2, 0.25) is 0 Å². The van der Waals surface area contributed by atoms with E-state index in [1.54, 1.807) is 0 Å². The third-order valence-corrected chi connectivity index (χ3v) is 5.90. The molecule has 0 amide bonds. The van der Waals surface area contributed by atoms with Gasteiger partial charge in [0.2, 0.25) is 0 Å². The van der Waals surface area contributed by atoms with Gasteiger partial charge in [-0.2, -0.15) is 52.7 Å². The zero-order chi connectivity index (χ0) is 33.4. The molecule has 43 heavy (non-hydrogen) atoms. The van der Waals surface area contributed by atoms with E-state index in [0.29, 0.717) is 12.8 Å². The standard InChI is InChI=1S/C23H34F12O7S/c1-17(37)43-14-10-8-6-4-2-3-5-7-9-12-38-15-18(24,25)40-20(28,29)22(32,33)42-23(34,35)21(30,31)41-19(26,27)16-39-13-11-36/h36H,2-16H2,1H3. The van der Waals surface area contributed by atoms with Crippen LogP contribution < -0.4 is 0 Å². The molecule has 258 valence electrons. The van der Waals surface area contributed by atoms with Gasteiger partial charge in [-0.05, 0) is 12.8 Å². The van der Waals surface area contributed by atoms with E-state index >= 15 is 0 Å². The van der Waals surface area contributed by atoms with Gasteiger partial charge in [0.1, 0.15) is 13.2 Å². The second-order valence-electron chi connectivity index (χ2n) is 9.00. The average molecular weight is 683 g/mol. The first-order chi connectivity index (χ1) is 19.6. The van der Waals surface area contributed by atoms with Crippen molar-refractivity contribution in [2.24, 2.45) is 0 Å². The number of alkyl halides is 12. The SMILES string of the molecule is CC(=O)SCCCCCCCCCCCOCC(F)(F)OC(F)(F)C(F)(F)OC(F)(F)C(F)(F)OC(F)(F)COCCO. The van der Waals surface area contributed by atoms with Crippen LogP contribution in [0.1, 0.15) is 64.7 Å². The minimum Gasteiger partial charge on any atom is -0.394 e. The number of hydrogen-bond donors (Lipinski definition) is 1. The molecular formula is C23H34F12O7S. The maximum atomic E-state index is 13.6. The largest absolute Gasteiger partial charge is 0.453 e. The number of rotatable bonds is 26. The van der Waals surface area contributed by atoms with E-state index in [2.05, 4.69) is 18.9 Å². The van der Waals surface area contributed by atoms with Gasteiger partial charge < -0.3 is 14.6 Å². The molecule has 0 aliphatic heterocycles. The molecule has 0 unspecified atom stereocenters. The van der Waals surface area contributed by atoms with E-state index in [-0.39, 0.29) is 11.5 Å². The maximum absolute atomic E-state index is 13.6. The molecule has 0 radical (unpaired) electrons. The van der Waals surface area contributed by atoms with Crippen LogP contribution in [0.5, 0.6) is 0 Å². The van der Waals surface area contributed by atoms with Gasteiger partial charge in [0.15, 0.2) is 5.12 Å². The molecule has 0 atom stereocenters. The molecule has 0 aromatic heterocycles. The Morgan fingerprint density at radius 1 is 0.558 bits per heavy atom. The fraction of sp³-hybridized carbons (Fsp3) is 0.957. The highest BCUT2D eigenvalue weighted by molar-refractivity contribution is 8.13. The zero-order valence-electron chi connectivity index (χ0n) is 22.9. The Labute approximate surface area is 243 Å². The highest BCUT2D eigenvalue weighted by atomic mass is 32.2. The molecule has 0 bridgehead atoms. The van der Waals surface area contributed by atoms with Gasteiger partial charge >= 0.3 is 36.7 Å². The fourth-order valence-electron chi connectivity index (χ4n) is 3.04. The van der Waals surface area contributed by atoms with Crippen LogP contribution in [0.15, 0.2) is 0 Å². The van der Waals surface area contributed by atoms with E-state index < -0.39 is 69.7 Å². The quantitative estimate of drug-likeness (QED) is 0.0747. The first-order valence-corrected chi connectivity index (χ1v) is 13.9. The molecule has 0 saturated heterocycles. The van der Waals surface area contributed by atoms with Crippen LogP contribution in [0.25, 0.3) is 0 Å². The predicted octanol–water partition coefficient (Wildman–Crippen LogP) is 7.41. The lowest BCUT2D eigenvalue weighted by Crippen LogP contribution is -2.58. The van der Waals surface area contributed by atoms with E-state index in [4.69, 9.17) is 5.11 Å². The number of aliphatic hydroxyl groups is 1. The summed E-state index contributed by atoms with van der Waals surface area (Å²) in [6.45, 7) is -5.06. The Morgan fingerprint density at radius 3 is 1.30 bits per heavy atom. The monoisotopic (exact) mass is 682 g/mol. The van der Waals surface area contributed by atoms with Gasteiger partial charge in [-0.3, -0.25) is 4.79 Å². The number of carbonyl (C=O) groups excluding carboxylic acids is 1. The Hall–Kier alpha value is -1.06. The highest BCUT2D eigenvalue weighted by Gasteiger charge is 2.74. The zero-order valence-corrected chi connectivity index (χ0v) is 23.8. The second-order valence-corrected chi connectivity index (χ2v) is 10.3. The molecule has 0 aromatic rings. The van der Waals surface area contributed by atoms with Crippen LogP contribution in [0.4, 0.5) is 52.7 Å². The van der Waals surface area contributed by atoms with Crippen molar-refractivity contribution >= 4 is 16.9 Å². The summed E-state index contributed by atoms with van der Waals surface area (Å²) in [5.41, 5.74) is 0. The molecule has 7 nitrogen and oxygen atoms in total. The molecule has 0 fully saturated rings. The third kappa shape index (κ3) is 17.9. The van der Waals surface area contributed by atoms with Gasteiger partial charge in [-0.15, -0.1) is 0 Å². The second kappa shape index (κ2) is 18.8. The lowest BCUT2D eigenvalue weighted by molar-refractivity contribution is -0.558. The van der Waals surface area contributed by atoms with Gasteiger partial charge in [0, 0.05) is 19.3 Å². The Balaban J connectivity index is 4.57. The molecule has 0 saturated carbocycles.